The molecule has 1 aliphatic rings. The van der Waals surface area contributed by atoms with E-state index in [1.807, 2.05) is 78.6 Å². The summed E-state index contributed by atoms with van der Waals surface area (Å²) in [5.74, 6) is 0.308. The number of hydrogen-bond donors (Lipinski definition) is 0. The van der Waals surface area contributed by atoms with Gasteiger partial charge in [-0.3, -0.25) is 4.79 Å². The van der Waals surface area contributed by atoms with Crippen molar-refractivity contribution in [3.05, 3.63) is 89.1 Å². The van der Waals surface area contributed by atoms with Crippen molar-refractivity contribution in [2.45, 2.75) is 19.9 Å². The molecule has 6 nitrogen and oxygen atoms in total. The van der Waals surface area contributed by atoms with E-state index in [0.717, 1.165) is 27.8 Å². The fraction of sp³-hybridized carbons (Fsp3) is 0.185. The number of hydrogen-bond acceptors (Lipinski definition) is 5. The molecule has 0 aliphatic carbocycles. The Balaban J connectivity index is 1.65. The van der Waals surface area contributed by atoms with Crippen LogP contribution in [0, 0.1) is 11.3 Å². The van der Waals surface area contributed by atoms with Gasteiger partial charge in [0.25, 0.3) is 5.91 Å². The number of pyridine rings is 2. The number of nitrogens with zero attached hydrogens (tertiary/aromatic N) is 4. The second-order valence-electron chi connectivity index (χ2n) is 7.89. The van der Waals surface area contributed by atoms with E-state index in [9.17, 15) is 10.1 Å². The van der Waals surface area contributed by atoms with Crippen LogP contribution >= 0.6 is 0 Å². The molecule has 1 aliphatic heterocycles. The number of benzene rings is 2. The maximum atomic E-state index is 13.0. The van der Waals surface area contributed by atoms with E-state index < -0.39 is 0 Å². The van der Waals surface area contributed by atoms with Crippen LogP contribution < -0.4 is 4.74 Å². The van der Waals surface area contributed by atoms with Gasteiger partial charge in [-0.05, 0) is 36.2 Å². The van der Waals surface area contributed by atoms with Crippen LogP contribution in [0.4, 0.5) is 0 Å². The summed E-state index contributed by atoms with van der Waals surface area (Å²) >= 11 is 0. The monoisotopic (exact) mass is 434 g/mol. The van der Waals surface area contributed by atoms with Gasteiger partial charge >= 0.3 is 0 Å². The first-order chi connectivity index (χ1) is 16.2. The second kappa shape index (κ2) is 8.71. The van der Waals surface area contributed by atoms with Crippen LogP contribution in [0.5, 0.6) is 5.88 Å². The molecule has 0 N–H and O–H groups in total. The minimum Gasteiger partial charge on any atom is -0.477 e. The van der Waals surface area contributed by atoms with Gasteiger partial charge in [-0.25, -0.2) is 4.98 Å². The molecule has 2 aromatic heterocycles. The maximum absolute atomic E-state index is 13.0. The number of ether oxygens (including phenoxy) is 1. The van der Waals surface area contributed by atoms with E-state index in [-0.39, 0.29) is 5.91 Å². The van der Waals surface area contributed by atoms with Crippen molar-refractivity contribution in [1.29, 1.82) is 5.26 Å². The Bertz CT molecular complexity index is 1380. The number of nitriles is 1. The first-order valence-corrected chi connectivity index (χ1v) is 11.0. The Labute approximate surface area is 192 Å². The molecule has 5 rings (SSSR count). The van der Waals surface area contributed by atoms with E-state index in [0.29, 0.717) is 48.8 Å². The summed E-state index contributed by atoms with van der Waals surface area (Å²) in [6.07, 6.45) is 0.649. The zero-order valence-corrected chi connectivity index (χ0v) is 18.3. The minimum absolute atomic E-state index is 0.00663. The van der Waals surface area contributed by atoms with Crippen LogP contribution in [0.2, 0.25) is 0 Å². The quantitative estimate of drug-likeness (QED) is 0.462. The largest absolute Gasteiger partial charge is 0.477 e. The lowest BCUT2D eigenvalue weighted by atomic mass is 9.95. The van der Waals surface area contributed by atoms with Crippen molar-refractivity contribution >= 4 is 16.9 Å². The van der Waals surface area contributed by atoms with Gasteiger partial charge in [-0.2, -0.15) is 10.2 Å². The van der Waals surface area contributed by atoms with Gasteiger partial charge in [0, 0.05) is 41.7 Å². The highest BCUT2D eigenvalue weighted by Gasteiger charge is 2.25. The van der Waals surface area contributed by atoms with E-state index in [1.54, 1.807) is 0 Å². The van der Waals surface area contributed by atoms with Crippen molar-refractivity contribution in [2.75, 3.05) is 13.2 Å². The van der Waals surface area contributed by atoms with Crippen LogP contribution in [0.1, 0.15) is 34.1 Å². The summed E-state index contributed by atoms with van der Waals surface area (Å²) in [5.41, 5.74) is 5.19. The molecule has 1 amide bonds. The number of carbonyl (C=O) groups excluding carboxylic acids is 1. The average molecular weight is 434 g/mol. The molecule has 0 atom stereocenters. The van der Waals surface area contributed by atoms with Crippen LogP contribution in [0.25, 0.3) is 22.2 Å². The molecule has 6 heteroatoms. The molecule has 0 radical (unpaired) electrons. The van der Waals surface area contributed by atoms with Crippen molar-refractivity contribution in [2.24, 2.45) is 0 Å². The molecule has 0 bridgehead atoms. The summed E-state index contributed by atoms with van der Waals surface area (Å²) in [6, 6.07) is 23.4. The Kier molecular flexibility index (Phi) is 5.45. The molecular formula is C27H22N4O2. The van der Waals surface area contributed by atoms with Crippen molar-refractivity contribution in [3.63, 3.8) is 0 Å². The lowest BCUT2D eigenvalue weighted by Gasteiger charge is -2.29. The molecule has 2 aromatic carbocycles. The average Bonchev–Trinajstić information content (AvgIpc) is 2.87. The molecular weight excluding hydrogens is 412 g/mol. The van der Waals surface area contributed by atoms with Gasteiger partial charge in [0.15, 0.2) is 5.65 Å². The lowest BCUT2D eigenvalue weighted by molar-refractivity contribution is 0.0733. The smallest absolute Gasteiger partial charge is 0.254 e. The summed E-state index contributed by atoms with van der Waals surface area (Å²) in [7, 11) is 0. The predicted molar refractivity (Wildman–Crippen MR) is 126 cm³/mol. The maximum Gasteiger partial charge on any atom is 0.254 e. The molecule has 33 heavy (non-hydrogen) atoms. The summed E-state index contributed by atoms with van der Waals surface area (Å²) < 4.78 is 5.71. The molecule has 0 spiro atoms. The highest BCUT2D eigenvalue weighted by Crippen LogP contribution is 2.37. The number of fused-ring (bicyclic) bond motifs is 2. The predicted octanol–water partition coefficient (Wildman–Crippen LogP) is 4.77. The van der Waals surface area contributed by atoms with Gasteiger partial charge in [0.2, 0.25) is 5.88 Å². The number of carbonyl (C=O) groups is 1. The molecule has 3 heterocycles. The summed E-state index contributed by atoms with van der Waals surface area (Å²) in [5, 5.41) is 10.8. The van der Waals surface area contributed by atoms with E-state index in [1.165, 1.54) is 0 Å². The van der Waals surface area contributed by atoms with Crippen LogP contribution in [-0.4, -0.2) is 33.9 Å². The van der Waals surface area contributed by atoms with Gasteiger partial charge < -0.3 is 9.64 Å². The van der Waals surface area contributed by atoms with Crippen molar-refractivity contribution in [1.82, 2.24) is 14.9 Å². The fourth-order valence-corrected chi connectivity index (χ4v) is 4.31. The first kappa shape index (κ1) is 20.7. The Morgan fingerprint density at radius 2 is 1.82 bits per heavy atom. The number of amides is 1. The number of rotatable bonds is 4. The topological polar surface area (TPSA) is 79.1 Å². The highest BCUT2D eigenvalue weighted by molar-refractivity contribution is 5.98. The third kappa shape index (κ3) is 3.79. The molecule has 0 fully saturated rings. The van der Waals surface area contributed by atoms with Gasteiger partial charge in [0.05, 0.1) is 6.61 Å². The van der Waals surface area contributed by atoms with Gasteiger partial charge in [-0.15, -0.1) is 0 Å². The van der Waals surface area contributed by atoms with E-state index in [4.69, 9.17) is 9.72 Å². The fourth-order valence-electron chi connectivity index (χ4n) is 4.31. The Morgan fingerprint density at radius 3 is 2.52 bits per heavy atom. The zero-order chi connectivity index (χ0) is 22.8. The standard InChI is InChI=1S/C27H22N4O2/c1-2-33-26-22(16-28)24(18-9-5-3-6-10-18)21-15-20-17-31(14-13-23(20)29-25(21)30-26)27(32)19-11-7-4-8-12-19/h3-12,15H,2,13-14,17H2,1H3. The van der Waals surface area contributed by atoms with Crippen molar-refractivity contribution < 1.29 is 9.53 Å². The van der Waals surface area contributed by atoms with Gasteiger partial charge in [-0.1, -0.05) is 48.5 Å². The Hall–Kier alpha value is -4.24. The number of aromatic nitrogens is 2. The van der Waals surface area contributed by atoms with Crippen LogP contribution in [0.15, 0.2) is 66.7 Å². The Morgan fingerprint density at radius 1 is 1.09 bits per heavy atom. The molecule has 0 saturated heterocycles. The zero-order valence-electron chi connectivity index (χ0n) is 18.3. The third-order valence-electron chi connectivity index (χ3n) is 5.85. The SMILES string of the molecule is CCOc1nc2nc3c(cc2c(-c2ccccc2)c1C#N)CN(C(=O)c1ccccc1)CC3. The van der Waals surface area contributed by atoms with E-state index >= 15 is 0 Å². The van der Waals surface area contributed by atoms with Crippen LogP contribution in [-0.2, 0) is 13.0 Å². The molecule has 0 unspecified atom stereocenters. The van der Waals surface area contributed by atoms with Crippen LogP contribution in [0.3, 0.4) is 0 Å². The third-order valence-corrected chi connectivity index (χ3v) is 5.85. The minimum atomic E-state index is 0.00663. The van der Waals surface area contributed by atoms with Crippen molar-refractivity contribution in [3.8, 4) is 23.1 Å². The summed E-state index contributed by atoms with van der Waals surface area (Å²) in [4.78, 5) is 24.3. The second-order valence-corrected chi connectivity index (χ2v) is 7.89. The normalized spacial score (nSPS) is 12.8. The summed E-state index contributed by atoms with van der Waals surface area (Å²) in [6.45, 7) is 3.34. The highest BCUT2D eigenvalue weighted by atomic mass is 16.5. The molecule has 4 aromatic rings. The first-order valence-electron chi connectivity index (χ1n) is 11.0. The van der Waals surface area contributed by atoms with Gasteiger partial charge in [0.1, 0.15) is 11.6 Å². The lowest BCUT2D eigenvalue weighted by Crippen LogP contribution is -2.36. The molecule has 0 saturated carbocycles. The molecule has 162 valence electrons. The van der Waals surface area contributed by atoms with E-state index in [2.05, 4.69) is 11.1 Å².